The lowest BCUT2D eigenvalue weighted by atomic mass is 10.1. The van der Waals surface area contributed by atoms with Crippen LogP contribution in [0.3, 0.4) is 0 Å². The van der Waals surface area contributed by atoms with Crippen molar-refractivity contribution < 1.29 is 9.53 Å². The second-order valence-corrected chi connectivity index (χ2v) is 6.71. The second kappa shape index (κ2) is 6.09. The van der Waals surface area contributed by atoms with Gasteiger partial charge < -0.3 is 4.74 Å². The number of benzene rings is 2. The van der Waals surface area contributed by atoms with Crippen LogP contribution in [0.4, 0.5) is 5.13 Å². The Hall–Kier alpha value is -2.66. The summed E-state index contributed by atoms with van der Waals surface area (Å²) in [5, 5.41) is 3.50. The highest BCUT2D eigenvalue weighted by atomic mass is 32.1. The van der Waals surface area contributed by atoms with Crippen LogP contribution in [0.25, 0.3) is 10.4 Å². The summed E-state index contributed by atoms with van der Waals surface area (Å²) in [5.74, 6) is 0.637. The van der Waals surface area contributed by atoms with Gasteiger partial charge in [0.25, 0.3) is 5.91 Å². The molecule has 2 heterocycles. The Morgan fingerprint density at radius 2 is 1.92 bits per heavy atom. The van der Waals surface area contributed by atoms with Gasteiger partial charge in [-0.05, 0) is 24.1 Å². The van der Waals surface area contributed by atoms with Crippen LogP contribution in [0, 0.1) is 6.92 Å². The highest BCUT2D eigenvalue weighted by molar-refractivity contribution is 7.19. The largest absolute Gasteiger partial charge is 0.480 e. The molecule has 0 spiro atoms. The maximum absolute atomic E-state index is 12.5. The molecule has 1 N–H and O–H groups in total. The van der Waals surface area contributed by atoms with Crippen molar-refractivity contribution in [3.05, 3.63) is 65.9 Å². The molecule has 3 aromatic rings. The third kappa shape index (κ3) is 2.78. The molecule has 0 bridgehead atoms. The molecule has 5 heteroatoms. The third-order valence-electron chi connectivity index (χ3n) is 4.00. The van der Waals surface area contributed by atoms with Gasteiger partial charge in [-0.1, -0.05) is 59.9 Å². The van der Waals surface area contributed by atoms with Gasteiger partial charge in [0.15, 0.2) is 11.2 Å². The number of ether oxygens (including phenoxy) is 1. The van der Waals surface area contributed by atoms with Crippen molar-refractivity contribution in [2.24, 2.45) is 0 Å². The van der Waals surface area contributed by atoms with E-state index in [2.05, 4.69) is 10.3 Å². The Morgan fingerprint density at radius 1 is 1.17 bits per heavy atom. The zero-order chi connectivity index (χ0) is 16.5. The van der Waals surface area contributed by atoms with Gasteiger partial charge in [-0.15, -0.1) is 0 Å². The zero-order valence-electron chi connectivity index (χ0n) is 13.2. The van der Waals surface area contributed by atoms with Gasteiger partial charge in [0.2, 0.25) is 0 Å². The molecule has 0 fully saturated rings. The number of aromatic nitrogens is 1. The number of para-hydroxylation sites is 1. The molecule has 1 amide bonds. The van der Waals surface area contributed by atoms with Crippen LogP contribution in [-0.2, 0) is 11.2 Å². The van der Waals surface area contributed by atoms with E-state index >= 15 is 0 Å². The number of nitrogens with one attached hydrogen (secondary N) is 1. The number of hydrogen-bond acceptors (Lipinski definition) is 4. The van der Waals surface area contributed by atoms with Crippen molar-refractivity contribution in [2.45, 2.75) is 19.4 Å². The molecule has 4 rings (SSSR count). The summed E-state index contributed by atoms with van der Waals surface area (Å²) < 4.78 is 5.73. The number of nitrogens with zero attached hydrogens (tertiary/aromatic N) is 1. The van der Waals surface area contributed by atoms with Crippen LogP contribution in [0.1, 0.15) is 11.3 Å². The summed E-state index contributed by atoms with van der Waals surface area (Å²) in [6.07, 6.45) is 0.101. The van der Waals surface area contributed by atoms with Crippen molar-refractivity contribution in [1.29, 1.82) is 0 Å². The molecule has 0 aliphatic carbocycles. The van der Waals surface area contributed by atoms with Crippen LogP contribution >= 0.6 is 11.3 Å². The van der Waals surface area contributed by atoms with Crippen molar-refractivity contribution in [2.75, 3.05) is 5.32 Å². The lowest BCUT2D eigenvalue weighted by molar-refractivity contribution is -0.122. The van der Waals surface area contributed by atoms with Crippen LogP contribution in [0.5, 0.6) is 5.75 Å². The van der Waals surface area contributed by atoms with E-state index in [1.807, 2.05) is 61.5 Å². The van der Waals surface area contributed by atoms with E-state index < -0.39 is 6.10 Å². The van der Waals surface area contributed by atoms with Crippen molar-refractivity contribution in [3.8, 4) is 16.2 Å². The third-order valence-corrected chi connectivity index (χ3v) is 5.12. The zero-order valence-corrected chi connectivity index (χ0v) is 14.0. The quantitative estimate of drug-likeness (QED) is 0.785. The van der Waals surface area contributed by atoms with E-state index in [1.54, 1.807) is 0 Å². The van der Waals surface area contributed by atoms with Gasteiger partial charge in [-0.25, -0.2) is 4.98 Å². The molecule has 1 atom stereocenters. The van der Waals surface area contributed by atoms with E-state index in [1.165, 1.54) is 11.3 Å². The van der Waals surface area contributed by atoms with Crippen LogP contribution in [0.2, 0.25) is 0 Å². The van der Waals surface area contributed by atoms with E-state index in [0.29, 0.717) is 11.6 Å². The number of amides is 1. The lowest BCUT2D eigenvalue weighted by Gasteiger charge is -2.09. The molecule has 2 aromatic carbocycles. The first kappa shape index (κ1) is 14.9. The van der Waals surface area contributed by atoms with E-state index in [-0.39, 0.29) is 5.91 Å². The fraction of sp³-hybridized carbons (Fsp3) is 0.158. The summed E-state index contributed by atoms with van der Waals surface area (Å²) in [4.78, 5) is 18.0. The number of carbonyl (C=O) groups excluding carboxylic acids is 1. The minimum atomic E-state index is -0.494. The Kier molecular flexibility index (Phi) is 3.78. The monoisotopic (exact) mass is 336 g/mol. The molecule has 0 unspecified atom stereocenters. The molecule has 0 radical (unpaired) electrons. The minimum absolute atomic E-state index is 0.153. The van der Waals surface area contributed by atoms with Gasteiger partial charge >= 0.3 is 0 Å². The molecule has 24 heavy (non-hydrogen) atoms. The molecular weight excluding hydrogens is 320 g/mol. The molecule has 0 saturated heterocycles. The summed E-state index contributed by atoms with van der Waals surface area (Å²) in [5.41, 5.74) is 3.09. The van der Waals surface area contributed by atoms with E-state index in [4.69, 9.17) is 4.74 Å². The van der Waals surface area contributed by atoms with Gasteiger partial charge in [-0.3, -0.25) is 10.1 Å². The number of aryl methyl sites for hydroxylation is 1. The first-order valence-electron chi connectivity index (χ1n) is 7.79. The van der Waals surface area contributed by atoms with Crippen molar-refractivity contribution in [1.82, 2.24) is 4.98 Å². The van der Waals surface area contributed by atoms with E-state index in [0.717, 1.165) is 27.4 Å². The maximum Gasteiger partial charge on any atom is 0.267 e. The summed E-state index contributed by atoms with van der Waals surface area (Å²) in [6.45, 7) is 1.95. The fourth-order valence-electron chi connectivity index (χ4n) is 2.82. The smallest absolute Gasteiger partial charge is 0.267 e. The Bertz CT molecular complexity index is 864. The molecule has 0 saturated carbocycles. The molecule has 1 aromatic heterocycles. The molecular formula is C19H16N2O2S. The van der Waals surface area contributed by atoms with Crippen LogP contribution in [-0.4, -0.2) is 17.0 Å². The minimum Gasteiger partial charge on any atom is -0.480 e. The molecule has 1 aliphatic rings. The number of rotatable bonds is 3. The van der Waals surface area contributed by atoms with Crippen LogP contribution in [0.15, 0.2) is 54.6 Å². The highest BCUT2D eigenvalue weighted by Gasteiger charge is 2.29. The topological polar surface area (TPSA) is 51.2 Å². The normalized spacial score (nSPS) is 15.6. The number of carbonyl (C=O) groups is 1. The number of thiazole rings is 1. The highest BCUT2D eigenvalue weighted by Crippen LogP contribution is 2.33. The predicted octanol–water partition coefficient (Wildman–Crippen LogP) is 4.06. The Balaban J connectivity index is 1.50. The first-order chi connectivity index (χ1) is 11.7. The summed E-state index contributed by atoms with van der Waals surface area (Å²) >= 11 is 1.48. The van der Waals surface area contributed by atoms with Gasteiger partial charge in [-0.2, -0.15) is 0 Å². The van der Waals surface area contributed by atoms with E-state index in [9.17, 15) is 4.79 Å². The average molecular weight is 336 g/mol. The lowest BCUT2D eigenvalue weighted by Crippen LogP contribution is -2.31. The number of fused-ring (bicyclic) bond motifs is 1. The second-order valence-electron chi connectivity index (χ2n) is 5.71. The summed E-state index contributed by atoms with van der Waals surface area (Å²) in [7, 11) is 0. The number of anilines is 1. The van der Waals surface area contributed by atoms with Gasteiger partial charge in [0.05, 0.1) is 10.6 Å². The first-order valence-corrected chi connectivity index (χ1v) is 8.60. The average Bonchev–Trinajstić information content (AvgIpc) is 3.19. The standard InChI is InChI=1S/C19H16N2O2S/c1-12-17(13-7-3-2-4-8-13)24-19(20-12)21-18(22)16-11-14-9-5-6-10-15(14)23-16/h2-10,16H,11H2,1H3,(H,20,21,22)/t16-/m0/s1. The van der Waals surface area contributed by atoms with Crippen molar-refractivity contribution >= 4 is 22.4 Å². The van der Waals surface area contributed by atoms with Gasteiger partial charge in [0, 0.05) is 6.42 Å². The molecule has 1 aliphatic heterocycles. The van der Waals surface area contributed by atoms with Crippen molar-refractivity contribution in [3.63, 3.8) is 0 Å². The molecule has 4 nitrogen and oxygen atoms in total. The molecule has 120 valence electrons. The summed E-state index contributed by atoms with van der Waals surface area (Å²) in [6, 6.07) is 17.8. The van der Waals surface area contributed by atoms with Gasteiger partial charge in [0.1, 0.15) is 5.75 Å². The SMILES string of the molecule is Cc1nc(NC(=O)[C@@H]2Cc3ccccc3O2)sc1-c1ccccc1. The van der Waals surface area contributed by atoms with Crippen LogP contribution < -0.4 is 10.1 Å². The maximum atomic E-state index is 12.5. The number of hydrogen-bond donors (Lipinski definition) is 1. The Labute approximate surface area is 144 Å². The Morgan fingerprint density at radius 3 is 2.71 bits per heavy atom. The predicted molar refractivity (Wildman–Crippen MR) is 95.5 cm³/mol. The fourth-order valence-corrected chi connectivity index (χ4v) is 3.80.